The van der Waals surface area contributed by atoms with Crippen molar-refractivity contribution in [2.75, 3.05) is 13.6 Å². The van der Waals surface area contributed by atoms with Crippen molar-refractivity contribution in [3.05, 3.63) is 11.9 Å². The number of hydrogen-bond acceptors (Lipinski definition) is 5. The summed E-state index contributed by atoms with van der Waals surface area (Å²) in [6.45, 7) is -0.0292. The van der Waals surface area contributed by atoms with Gasteiger partial charge in [-0.1, -0.05) is 5.21 Å². The quantitative estimate of drug-likeness (QED) is 0.653. The van der Waals surface area contributed by atoms with Crippen LogP contribution in [-0.2, 0) is 16.1 Å². The summed E-state index contributed by atoms with van der Waals surface area (Å²) in [4.78, 5) is 35.1. The maximum absolute atomic E-state index is 11.8. The predicted octanol–water partition coefficient (Wildman–Crippen LogP) is -1.17. The van der Waals surface area contributed by atoms with Gasteiger partial charge in [-0.25, -0.2) is 4.68 Å². The largest absolute Gasteiger partial charge is 0.352 e. The van der Waals surface area contributed by atoms with Gasteiger partial charge >= 0.3 is 0 Å². The lowest BCUT2D eigenvalue weighted by Gasteiger charge is -2.16. The second-order valence-electron chi connectivity index (χ2n) is 4.55. The van der Waals surface area contributed by atoms with Crippen molar-refractivity contribution in [3.63, 3.8) is 0 Å². The fourth-order valence-corrected chi connectivity index (χ4v) is 1.51. The fourth-order valence-electron chi connectivity index (χ4n) is 1.51. The van der Waals surface area contributed by atoms with Gasteiger partial charge in [-0.3, -0.25) is 14.4 Å². The van der Waals surface area contributed by atoms with Crippen LogP contribution in [0.5, 0.6) is 0 Å². The molecule has 0 saturated heterocycles. The van der Waals surface area contributed by atoms with Gasteiger partial charge in [0.2, 0.25) is 11.8 Å². The zero-order chi connectivity index (χ0) is 13.8. The van der Waals surface area contributed by atoms with Crippen molar-refractivity contribution < 1.29 is 14.4 Å². The van der Waals surface area contributed by atoms with E-state index >= 15 is 0 Å². The van der Waals surface area contributed by atoms with Crippen LogP contribution < -0.4 is 5.32 Å². The molecule has 1 heterocycles. The third-order valence-electron chi connectivity index (χ3n) is 2.72. The summed E-state index contributed by atoms with van der Waals surface area (Å²) in [5.74, 6) is -0.432. The van der Waals surface area contributed by atoms with Crippen molar-refractivity contribution >= 4 is 18.1 Å². The molecule has 19 heavy (non-hydrogen) atoms. The summed E-state index contributed by atoms with van der Waals surface area (Å²) >= 11 is 0. The summed E-state index contributed by atoms with van der Waals surface area (Å²) in [6, 6.07) is 0.279. The number of rotatable bonds is 6. The monoisotopic (exact) mass is 265 g/mol. The third kappa shape index (κ3) is 3.87. The highest BCUT2D eigenvalue weighted by molar-refractivity contribution is 5.84. The number of amides is 2. The first kappa shape index (κ1) is 13.2. The van der Waals surface area contributed by atoms with Crippen molar-refractivity contribution in [1.29, 1.82) is 0 Å². The Morgan fingerprint density at radius 1 is 1.58 bits per heavy atom. The molecular weight excluding hydrogens is 250 g/mol. The average Bonchev–Trinajstić information content (AvgIpc) is 3.05. The van der Waals surface area contributed by atoms with E-state index in [1.807, 2.05) is 0 Å². The van der Waals surface area contributed by atoms with Gasteiger partial charge in [0.05, 0.1) is 12.7 Å². The second-order valence-corrected chi connectivity index (χ2v) is 4.55. The summed E-state index contributed by atoms with van der Waals surface area (Å²) in [7, 11) is 1.55. The number of nitrogens with one attached hydrogen (secondary N) is 1. The molecule has 0 unspecified atom stereocenters. The minimum atomic E-state index is -0.270. The molecule has 2 amide bonds. The maximum atomic E-state index is 11.8. The van der Waals surface area contributed by atoms with Crippen molar-refractivity contribution in [2.24, 2.45) is 0 Å². The summed E-state index contributed by atoms with van der Waals surface area (Å²) in [5, 5.41) is 9.99. The average molecular weight is 265 g/mol. The first-order chi connectivity index (χ1) is 9.08. The Balaban J connectivity index is 1.80. The molecule has 1 aromatic heterocycles. The number of carbonyl (C=O) groups is 3. The Labute approximate surface area is 109 Å². The molecule has 1 aliphatic carbocycles. The molecular formula is C11H15N5O3. The second kappa shape index (κ2) is 5.59. The standard InChI is InChI=1S/C11H15N5O3/c1-15(5-10(18)12-8-2-3-8)11(19)6-16-4-9(7-17)13-14-16/h4,7-8H,2-3,5-6H2,1H3,(H,12,18). The molecule has 1 aromatic rings. The fraction of sp³-hybridized carbons (Fsp3) is 0.545. The first-order valence-electron chi connectivity index (χ1n) is 5.97. The number of likely N-dealkylation sites (N-methyl/N-ethyl adjacent to an activating group) is 1. The van der Waals surface area contributed by atoms with Crippen LogP contribution in [0.4, 0.5) is 0 Å². The van der Waals surface area contributed by atoms with Crippen molar-refractivity contribution in [2.45, 2.75) is 25.4 Å². The Kier molecular flexibility index (Phi) is 3.88. The van der Waals surface area contributed by atoms with Gasteiger partial charge in [0.15, 0.2) is 6.29 Å². The van der Waals surface area contributed by atoms with Gasteiger partial charge in [-0.2, -0.15) is 0 Å². The SMILES string of the molecule is CN(CC(=O)NC1CC1)C(=O)Cn1cc(C=O)nn1. The van der Waals surface area contributed by atoms with Crippen LogP contribution in [0.2, 0.25) is 0 Å². The first-order valence-corrected chi connectivity index (χ1v) is 5.97. The van der Waals surface area contributed by atoms with E-state index in [2.05, 4.69) is 15.6 Å². The molecule has 0 aliphatic heterocycles. The van der Waals surface area contributed by atoms with Crippen LogP contribution in [0.15, 0.2) is 6.20 Å². The molecule has 1 aliphatic rings. The van der Waals surface area contributed by atoms with Crippen molar-refractivity contribution in [3.8, 4) is 0 Å². The van der Waals surface area contributed by atoms with Gasteiger partial charge in [0, 0.05) is 13.1 Å². The van der Waals surface area contributed by atoms with Gasteiger partial charge in [0.1, 0.15) is 12.2 Å². The highest BCUT2D eigenvalue weighted by Gasteiger charge is 2.24. The number of carbonyl (C=O) groups excluding carboxylic acids is 3. The molecule has 1 N–H and O–H groups in total. The Hall–Kier alpha value is -2.25. The minimum Gasteiger partial charge on any atom is -0.352 e. The molecule has 0 bridgehead atoms. The number of hydrogen-bond donors (Lipinski definition) is 1. The zero-order valence-corrected chi connectivity index (χ0v) is 10.6. The molecule has 102 valence electrons. The van der Waals surface area contributed by atoms with E-state index in [9.17, 15) is 14.4 Å². The minimum absolute atomic E-state index is 0.0184. The van der Waals surface area contributed by atoms with E-state index in [-0.39, 0.29) is 36.6 Å². The Bertz CT molecular complexity index is 494. The molecule has 0 spiro atoms. The van der Waals surface area contributed by atoms with Gasteiger partial charge in [0.25, 0.3) is 0 Å². The van der Waals surface area contributed by atoms with Crippen LogP contribution >= 0.6 is 0 Å². The number of nitrogens with zero attached hydrogens (tertiary/aromatic N) is 4. The zero-order valence-electron chi connectivity index (χ0n) is 10.6. The summed E-state index contributed by atoms with van der Waals surface area (Å²) in [6.07, 6.45) is 3.96. The van der Waals surface area contributed by atoms with Gasteiger partial charge in [-0.15, -0.1) is 5.10 Å². The van der Waals surface area contributed by atoms with Crippen LogP contribution in [0.1, 0.15) is 23.3 Å². The number of aromatic nitrogens is 3. The van der Waals surface area contributed by atoms with E-state index in [1.54, 1.807) is 7.05 Å². The van der Waals surface area contributed by atoms with Gasteiger partial charge in [-0.05, 0) is 12.8 Å². The number of aldehydes is 1. The highest BCUT2D eigenvalue weighted by Crippen LogP contribution is 2.18. The lowest BCUT2D eigenvalue weighted by Crippen LogP contribution is -2.40. The van der Waals surface area contributed by atoms with E-state index in [0.29, 0.717) is 6.29 Å². The highest BCUT2D eigenvalue weighted by atomic mass is 16.2. The molecule has 8 nitrogen and oxygen atoms in total. The van der Waals surface area contributed by atoms with Crippen LogP contribution in [-0.4, -0.2) is 57.6 Å². The molecule has 0 radical (unpaired) electrons. The molecule has 0 atom stereocenters. The predicted molar refractivity (Wildman–Crippen MR) is 64.2 cm³/mol. The maximum Gasteiger partial charge on any atom is 0.244 e. The molecule has 0 aromatic carbocycles. The Morgan fingerprint density at radius 2 is 2.32 bits per heavy atom. The van der Waals surface area contributed by atoms with E-state index in [1.165, 1.54) is 15.8 Å². The summed E-state index contributed by atoms with van der Waals surface area (Å²) in [5.41, 5.74) is 0.168. The Morgan fingerprint density at radius 3 is 2.89 bits per heavy atom. The van der Waals surface area contributed by atoms with Crippen molar-refractivity contribution in [1.82, 2.24) is 25.2 Å². The van der Waals surface area contributed by atoms with Crippen LogP contribution in [0.25, 0.3) is 0 Å². The smallest absolute Gasteiger partial charge is 0.244 e. The molecule has 1 saturated carbocycles. The molecule has 1 fully saturated rings. The molecule has 8 heteroatoms. The van der Waals surface area contributed by atoms with E-state index in [0.717, 1.165) is 12.8 Å². The van der Waals surface area contributed by atoms with E-state index in [4.69, 9.17) is 0 Å². The van der Waals surface area contributed by atoms with E-state index < -0.39 is 0 Å². The molecule has 2 rings (SSSR count). The normalized spacial score (nSPS) is 13.9. The van der Waals surface area contributed by atoms with Crippen LogP contribution in [0.3, 0.4) is 0 Å². The lowest BCUT2D eigenvalue weighted by atomic mass is 10.4. The summed E-state index contributed by atoms with van der Waals surface area (Å²) < 4.78 is 1.27. The van der Waals surface area contributed by atoms with Crippen LogP contribution in [0, 0.1) is 0 Å². The third-order valence-corrected chi connectivity index (χ3v) is 2.72. The van der Waals surface area contributed by atoms with Gasteiger partial charge < -0.3 is 10.2 Å². The topological polar surface area (TPSA) is 97.2 Å². The lowest BCUT2D eigenvalue weighted by molar-refractivity contribution is -0.135.